The van der Waals surface area contributed by atoms with Crippen molar-refractivity contribution in [3.05, 3.63) is 53.3 Å². The Morgan fingerprint density at radius 2 is 2.14 bits per heavy atom. The summed E-state index contributed by atoms with van der Waals surface area (Å²) in [5.41, 5.74) is 1.58. The van der Waals surface area contributed by atoms with Gasteiger partial charge in [-0.25, -0.2) is 9.37 Å². The third-order valence-electron chi connectivity index (χ3n) is 2.91. The number of ether oxygens (including phenoxy) is 1. The molecule has 0 bridgehead atoms. The van der Waals surface area contributed by atoms with Crippen LogP contribution in [0.1, 0.15) is 0 Å². The van der Waals surface area contributed by atoms with Crippen molar-refractivity contribution in [1.29, 1.82) is 0 Å². The van der Waals surface area contributed by atoms with Crippen molar-refractivity contribution < 1.29 is 13.9 Å². The molecular weight excluding hydrogens is 309 g/mol. The molecule has 2 aromatic carbocycles. The number of fused-ring (bicyclic) bond motifs is 1. The molecule has 3 rings (SSSR count). The van der Waals surface area contributed by atoms with E-state index in [9.17, 15) is 9.18 Å². The van der Waals surface area contributed by atoms with Gasteiger partial charge in [0.2, 0.25) is 5.95 Å². The fraction of sp³-hybridized carbons (Fsp3) is 0.0667. The number of imidazole rings is 1. The van der Waals surface area contributed by atoms with Crippen LogP contribution in [-0.2, 0) is 4.79 Å². The number of rotatable bonds is 4. The van der Waals surface area contributed by atoms with Crippen molar-refractivity contribution in [2.45, 2.75) is 0 Å². The predicted octanol–water partition coefficient (Wildman–Crippen LogP) is 3.37. The summed E-state index contributed by atoms with van der Waals surface area (Å²) in [6, 6.07) is 11.3. The summed E-state index contributed by atoms with van der Waals surface area (Å²) < 4.78 is 18.3. The number of carbonyl (C=O) groups excluding carboxylic acids is 1. The monoisotopic (exact) mass is 319 g/mol. The number of hydrogen-bond donors (Lipinski definition) is 2. The molecule has 0 aliphatic heterocycles. The van der Waals surface area contributed by atoms with Gasteiger partial charge >= 0.3 is 0 Å². The van der Waals surface area contributed by atoms with Gasteiger partial charge in [0.05, 0.1) is 16.1 Å². The molecule has 0 saturated carbocycles. The minimum absolute atomic E-state index is 0.0600. The first-order valence-electron chi connectivity index (χ1n) is 6.44. The number of aromatic nitrogens is 2. The Hall–Kier alpha value is -2.60. The van der Waals surface area contributed by atoms with Crippen molar-refractivity contribution in [2.24, 2.45) is 0 Å². The van der Waals surface area contributed by atoms with Crippen LogP contribution in [0.2, 0.25) is 5.02 Å². The topological polar surface area (TPSA) is 67.0 Å². The number of carbonyl (C=O) groups is 1. The third kappa shape index (κ3) is 3.17. The molecule has 7 heteroatoms. The lowest BCUT2D eigenvalue weighted by molar-refractivity contribution is -0.118. The van der Waals surface area contributed by atoms with Crippen LogP contribution in [0.25, 0.3) is 11.0 Å². The highest BCUT2D eigenvalue weighted by molar-refractivity contribution is 6.30. The van der Waals surface area contributed by atoms with Crippen molar-refractivity contribution in [3.8, 4) is 5.75 Å². The van der Waals surface area contributed by atoms with Crippen LogP contribution in [0, 0.1) is 5.82 Å². The van der Waals surface area contributed by atoms with E-state index >= 15 is 0 Å². The number of H-pyrrole nitrogens is 1. The smallest absolute Gasteiger partial charge is 0.264 e. The van der Waals surface area contributed by atoms with Crippen LogP contribution in [0.15, 0.2) is 42.5 Å². The first kappa shape index (κ1) is 14.3. The van der Waals surface area contributed by atoms with E-state index in [0.717, 1.165) is 11.0 Å². The average molecular weight is 320 g/mol. The molecule has 0 aliphatic rings. The minimum Gasteiger partial charge on any atom is -0.484 e. The molecule has 0 saturated heterocycles. The quantitative estimate of drug-likeness (QED) is 0.774. The maximum atomic E-state index is 13.0. The van der Waals surface area contributed by atoms with E-state index in [1.165, 1.54) is 18.2 Å². The standard InChI is InChI=1S/C15H11ClFN3O2/c16-10-7-9(5-6-11(10)17)22-8-14(21)20-15-18-12-3-1-2-4-13(12)19-15/h1-7H,8H2,(H2,18,19,20,21). The van der Waals surface area contributed by atoms with Gasteiger partial charge in [0.25, 0.3) is 5.91 Å². The van der Waals surface area contributed by atoms with E-state index in [1.54, 1.807) is 0 Å². The van der Waals surface area contributed by atoms with Crippen molar-refractivity contribution in [2.75, 3.05) is 11.9 Å². The molecule has 0 unspecified atom stereocenters. The molecule has 0 atom stereocenters. The van der Waals surface area contributed by atoms with E-state index in [0.29, 0.717) is 11.7 Å². The van der Waals surface area contributed by atoms with Crippen LogP contribution >= 0.6 is 11.6 Å². The Labute approximate surface area is 130 Å². The van der Waals surface area contributed by atoms with Crippen molar-refractivity contribution in [3.63, 3.8) is 0 Å². The summed E-state index contributed by atoms with van der Waals surface area (Å²) in [7, 11) is 0. The number of hydrogen-bond acceptors (Lipinski definition) is 3. The van der Waals surface area contributed by atoms with Gasteiger partial charge in [-0.2, -0.15) is 0 Å². The zero-order valence-corrected chi connectivity index (χ0v) is 12.0. The Bertz CT molecular complexity index is 802. The first-order valence-corrected chi connectivity index (χ1v) is 6.82. The molecule has 1 aromatic heterocycles. The lowest BCUT2D eigenvalue weighted by Crippen LogP contribution is -2.20. The maximum absolute atomic E-state index is 13.0. The van der Waals surface area contributed by atoms with Crippen LogP contribution < -0.4 is 10.1 Å². The second-order valence-corrected chi connectivity index (χ2v) is 4.92. The number of amides is 1. The van der Waals surface area contributed by atoms with Gasteiger partial charge in [-0.05, 0) is 24.3 Å². The zero-order valence-electron chi connectivity index (χ0n) is 11.3. The molecule has 0 radical (unpaired) electrons. The highest BCUT2D eigenvalue weighted by atomic mass is 35.5. The number of nitrogens with zero attached hydrogens (tertiary/aromatic N) is 1. The third-order valence-corrected chi connectivity index (χ3v) is 3.20. The van der Waals surface area contributed by atoms with Gasteiger partial charge in [-0.15, -0.1) is 0 Å². The molecule has 2 N–H and O–H groups in total. The molecule has 0 fully saturated rings. The van der Waals surface area contributed by atoms with Crippen LogP contribution in [0.5, 0.6) is 5.75 Å². The fourth-order valence-electron chi connectivity index (χ4n) is 1.90. The van der Waals surface area contributed by atoms with Gasteiger partial charge in [0.1, 0.15) is 11.6 Å². The van der Waals surface area contributed by atoms with Gasteiger partial charge in [-0.1, -0.05) is 23.7 Å². The summed E-state index contributed by atoms with van der Waals surface area (Å²) in [5.74, 6) is -0.279. The molecule has 112 valence electrons. The Morgan fingerprint density at radius 1 is 1.32 bits per heavy atom. The fourth-order valence-corrected chi connectivity index (χ4v) is 2.07. The largest absolute Gasteiger partial charge is 0.484 e. The number of aromatic amines is 1. The molecule has 1 amide bonds. The van der Waals surface area contributed by atoms with E-state index in [4.69, 9.17) is 16.3 Å². The van der Waals surface area contributed by atoms with E-state index < -0.39 is 5.82 Å². The van der Waals surface area contributed by atoms with E-state index in [2.05, 4.69) is 15.3 Å². The first-order chi connectivity index (χ1) is 10.6. The Morgan fingerprint density at radius 3 is 2.91 bits per heavy atom. The summed E-state index contributed by atoms with van der Waals surface area (Å²) in [6.07, 6.45) is 0. The molecule has 1 heterocycles. The number of halogens is 2. The van der Waals surface area contributed by atoms with Crippen molar-refractivity contribution >= 4 is 34.5 Å². The number of benzene rings is 2. The second kappa shape index (κ2) is 6.03. The molecule has 22 heavy (non-hydrogen) atoms. The summed E-state index contributed by atoms with van der Waals surface area (Å²) >= 11 is 5.63. The second-order valence-electron chi connectivity index (χ2n) is 4.52. The van der Waals surface area contributed by atoms with Crippen LogP contribution in [-0.4, -0.2) is 22.5 Å². The van der Waals surface area contributed by atoms with E-state index in [1.807, 2.05) is 24.3 Å². The maximum Gasteiger partial charge on any atom is 0.264 e. The van der Waals surface area contributed by atoms with Gasteiger partial charge < -0.3 is 9.72 Å². The minimum atomic E-state index is -0.541. The summed E-state index contributed by atoms with van der Waals surface area (Å²) in [5, 5.41) is 2.53. The zero-order chi connectivity index (χ0) is 15.5. The Kier molecular flexibility index (Phi) is 3.93. The molecule has 3 aromatic rings. The van der Waals surface area contributed by atoms with Gasteiger partial charge in [0, 0.05) is 6.07 Å². The average Bonchev–Trinajstić information content (AvgIpc) is 2.90. The van der Waals surface area contributed by atoms with Gasteiger partial charge in [0.15, 0.2) is 6.61 Å². The number of nitrogens with one attached hydrogen (secondary N) is 2. The number of anilines is 1. The molecule has 5 nitrogen and oxygen atoms in total. The SMILES string of the molecule is O=C(COc1ccc(F)c(Cl)c1)Nc1nc2ccccc2[nH]1. The normalized spacial score (nSPS) is 10.6. The molecular formula is C15H11ClFN3O2. The van der Waals surface area contributed by atoms with Crippen molar-refractivity contribution in [1.82, 2.24) is 9.97 Å². The molecule has 0 spiro atoms. The van der Waals surface area contributed by atoms with Gasteiger partial charge in [-0.3, -0.25) is 10.1 Å². The lowest BCUT2D eigenvalue weighted by Gasteiger charge is -2.06. The molecule has 0 aliphatic carbocycles. The Balaban J connectivity index is 1.61. The summed E-state index contributed by atoms with van der Waals surface area (Å²) in [4.78, 5) is 19.0. The summed E-state index contributed by atoms with van der Waals surface area (Å²) in [6.45, 7) is -0.237. The predicted molar refractivity (Wildman–Crippen MR) is 81.6 cm³/mol. The number of para-hydroxylation sites is 2. The van der Waals surface area contributed by atoms with E-state index in [-0.39, 0.29) is 17.5 Å². The lowest BCUT2D eigenvalue weighted by atomic mass is 10.3. The highest BCUT2D eigenvalue weighted by Gasteiger charge is 2.08. The van der Waals surface area contributed by atoms with Crippen LogP contribution in [0.4, 0.5) is 10.3 Å². The van der Waals surface area contributed by atoms with Crippen LogP contribution in [0.3, 0.4) is 0 Å². The highest BCUT2D eigenvalue weighted by Crippen LogP contribution is 2.21.